The summed E-state index contributed by atoms with van der Waals surface area (Å²) >= 11 is 0. The SMILES string of the molecule is Cc1ccc(CNN)cc1F.[Cl-]. The molecule has 4 heteroatoms. The van der Waals surface area contributed by atoms with E-state index in [4.69, 9.17) is 5.84 Å². The summed E-state index contributed by atoms with van der Waals surface area (Å²) in [6.07, 6.45) is 0. The third-order valence-electron chi connectivity index (χ3n) is 1.54. The first-order chi connectivity index (χ1) is 5.24. The number of benzene rings is 1. The van der Waals surface area contributed by atoms with Gasteiger partial charge in [0.2, 0.25) is 0 Å². The summed E-state index contributed by atoms with van der Waals surface area (Å²) in [6, 6.07) is 5.06. The van der Waals surface area contributed by atoms with E-state index in [1.165, 1.54) is 6.07 Å². The van der Waals surface area contributed by atoms with Crippen LogP contribution >= 0.6 is 0 Å². The van der Waals surface area contributed by atoms with Crippen molar-refractivity contribution in [3.63, 3.8) is 0 Å². The van der Waals surface area contributed by atoms with Gasteiger partial charge in [0.25, 0.3) is 0 Å². The van der Waals surface area contributed by atoms with E-state index >= 15 is 0 Å². The second kappa shape index (κ2) is 5.09. The second-order valence-electron chi connectivity index (χ2n) is 2.46. The molecule has 0 radical (unpaired) electrons. The highest BCUT2D eigenvalue weighted by Gasteiger charge is 1.97. The average Bonchev–Trinajstić information content (AvgIpc) is 1.98. The largest absolute Gasteiger partial charge is 1.00 e. The van der Waals surface area contributed by atoms with Gasteiger partial charge >= 0.3 is 0 Å². The molecule has 1 rings (SSSR count). The molecule has 0 bridgehead atoms. The van der Waals surface area contributed by atoms with Crippen molar-refractivity contribution in [1.82, 2.24) is 5.43 Å². The van der Waals surface area contributed by atoms with Gasteiger partial charge in [-0.2, -0.15) is 0 Å². The molecule has 0 fully saturated rings. The molecule has 0 aliphatic rings. The van der Waals surface area contributed by atoms with Crippen LogP contribution in [0.25, 0.3) is 0 Å². The number of halogens is 2. The average molecular weight is 190 g/mol. The molecule has 0 spiro atoms. The van der Waals surface area contributed by atoms with Gasteiger partial charge in [0.1, 0.15) is 5.82 Å². The Morgan fingerprint density at radius 1 is 1.50 bits per heavy atom. The van der Waals surface area contributed by atoms with Crippen molar-refractivity contribution in [1.29, 1.82) is 0 Å². The molecular weight excluding hydrogens is 179 g/mol. The lowest BCUT2D eigenvalue weighted by Crippen LogP contribution is -3.00. The Morgan fingerprint density at radius 2 is 2.17 bits per heavy atom. The number of nitrogens with one attached hydrogen (secondary N) is 1. The van der Waals surface area contributed by atoms with Gasteiger partial charge in [0, 0.05) is 6.54 Å². The van der Waals surface area contributed by atoms with Crippen LogP contribution < -0.4 is 23.7 Å². The van der Waals surface area contributed by atoms with Crippen LogP contribution in [0.2, 0.25) is 0 Å². The van der Waals surface area contributed by atoms with Crippen LogP contribution in [0.5, 0.6) is 0 Å². The topological polar surface area (TPSA) is 38.0 Å². The molecule has 0 aliphatic carbocycles. The van der Waals surface area contributed by atoms with Crippen molar-refractivity contribution in [2.75, 3.05) is 0 Å². The minimum absolute atomic E-state index is 0. The van der Waals surface area contributed by atoms with Gasteiger partial charge in [-0.1, -0.05) is 12.1 Å². The van der Waals surface area contributed by atoms with Gasteiger partial charge in [-0.15, -0.1) is 0 Å². The molecule has 0 aromatic heterocycles. The Balaban J connectivity index is 0.00000121. The molecule has 0 unspecified atom stereocenters. The molecular formula is C8H11ClFN2-. The summed E-state index contributed by atoms with van der Waals surface area (Å²) in [4.78, 5) is 0. The van der Waals surface area contributed by atoms with E-state index < -0.39 is 0 Å². The first kappa shape index (κ1) is 11.4. The fraction of sp³-hybridized carbons (Fsp3) is 0.250. The summed E-state index contributed by atoms with van der Waals surface area (Å²) in [5.74, 6) is 4.89. The van der Waals surface area contributed by atoms with Gasteiger partial charge in [-0.25, -0.2) is 4.39 Å². The van der Waals surface area contributed by atoms with E-state index in [1.54, 1.807) is 13.0 Å². The molecule has 68 valence electrons. The maximum absolute atomic E-state index is 12.8. The summed E-state index contributed by atoms with van der Waals surface area (Å²) in [7, 11) is 0. The van der Waals surface area contributed by atoms with Crippen LogP contribution in [0.3, 0.4) is 0 Å². The highest BCUT2D eigenvalue weighted by Crippen LogP contribution is 2.08. The normalized spacial score (nSPS) is 9.25. The van der Waals surface area contributed by atoms with Crippen LogP contribution in [0, 0.1) is 12.7 Å². The fourth-order valence-electron chi connectivity index (χ4n) is 0.864. The first-order valence-electron chi connectivity index (χ1n) is 3.42. The summed E-state index contributed by atoms with van der Waals surface area (Å²) in [5.41, 5.74) is 3.98. The van der Waals surface area contributed by atoms with Crippen LogP contribution in [-0.2, 0) is 6.54 Å². The summed E-state index contributed by atoms with van der Waals surface area (Å²) in [5, 5.41) is 0. The Bertz CT molecular complexity index is 253. The summed E-state index contributed by atoms with van der Waals surface area (Å²) in [6.45, 7) is 2.23. The van der Waals surface area contributed by atoms with E-state index in [1.807, 2.05) is 6.07 Å². The first-order valence-corrected chi connectivity index (χ1v) is 3.42. The van der Waals surface area contributed by atoms with Gasteiger partial charge in [0.15, 0.2) is 0 Å². The molecule has 3 N–H and O–H groups in total. The third-order valence-corrected chi connectivity index (χ3v) is 1.54. The lowest BCUT2D eigenvalue weighted by Gasteiger charge is -2.00. The predicted octanol–water partition coefficient (Wildman–Crippen LogP) is -1.90. The number of nitrogens with two attached hydrogens (primary N) is 1. The number of rotatable bonds is 2. The van der Waals surface area contributed by atoms with Crippen LogP contribution in [0.15, 0.2) is 18.2 Å². The molecule has 0 saturated carbocycles. The quantitative estimate of drug-likeness (QED) is 0.422. The standard InChI is InChI=1S/C8H11FN2.ClH/c1-6-2-3-7(5-11-10)4-8(6)9;/h2-4,11H,5,10H2,1H3;1H/p-1. The highest BCUT2D eigenvalue weighted by molar-refractivity contribution is 5.22. The Hall–Kier alpha value is -0.640. The number of hydrazine groups is 1. The zero-order valence-electron chi connectivity index (χ0n) is 6.77. The van der Waals surface area contributed by atoms with Crippen molar-refractivity contribution >= 4 is 0 Å². The maximum atomic E-state index is 12.8. The minimum Gasteiger partial charge on any atom is -1.00 e. The molecule has 0 heterocycles. The third kappa shape index (κ3) is 2.77. The molecule has 1 aromatic carbocycles. The van der Waals surface area contributed by atoms with Crippen molar-refractivity contribution in [2.24, 2.45) is 5.84 Å². The van der Waals surface area contributed by atoms with E-state index in [-0.39, 0.29) is 18.2 Å². The molecule has 0 aliphatic heterocycles. The lowest BCUT2D eigenvalue weighted by atomic mass is 10.1. The van der Waals surface area contributed by atoms with Gasteiger partial charge in [-0.3, -0.25) is 11.3 Å². The predicted molar refractivity (Wildman–Crippen MR) is 42.2 cm³/mol. The molecule has 0 atom stereocenters. The van der Waals surface area contributed by atoms with Gasteiger partial charge < -0.3 is 12.4 Å². The molecule has 2 nitrogen and oxygen atoms in total. The van der Waals surface area contributed by atoms with Crippen LogP contribution in [-0.4, -0.2) is 0 Å². The van der Waals surface area contributed by atoms with Crippen molar-refractivity contribution in [3.8, 4) is 0 Å². The van der Waals surface area contributed by atoms with Crippen molar-refractivity contribution in [2.45, 2.75) is 13.5 Å². The van der Waals surface area contributed by atoms with Gasteiger partial charge in [-0.05, 0) is 24.1 Å². The van der Waals surface area contributed by atoms with Gasteiger partial charge in [0.05, 0.1) is 0 Å². The Morgan fingerprint density at radius 3 is 2.67 bits per heavy atom. The van der Waals surface area contributed by atoms with Crippen LogP contribution in [0.4, 0.5) is 4.39 Å². The Labute approximate surface area is 77.3 Å². The van der Waals surface area contributed by atoms with Crippen molar-refractivity contribution in [3.05, 3.63) is 35.1 Å². The monoisotopic (exact) mass is 189 g/mol. The molecule has 0 saturated heterocycles. The number of hydrogen-bond acceptors (Lipinski definition) is 2. The fourth-order valence-corrected chi connectivity index (χ4v) is 0.864. The number of aryl methyl sites for hydroxylation is 1. The smallest absolute Gasteiger partial charge is 0.126 e. The van der Waals surface area contributed by atoms with Crippen molar-refractivity contribution < 1.29 is 16.8 Å². The zero-order valence-corrected chi connectivity index (χ0v) is 7.53. The van der Waals surface area contributed by atoms with Crippen LogP contribution in [0.1, 0.15) is 11.1 Å². The van der Waals surface area contributed by atoms with E-state index in [0.29, 0.717) is 12.1 Å². The highest BCUT2D eigenvalue weighted by atomic mass is 35.5. The lowest BCUT2D eigenvalue weighted by molar-refractivity contribution is -0.00000304. The second-order valence-corrected chi connectivity index (χ2v) is 2.46. The zero-order chi connectivity index (χ0) is 8.27. The van der Waals surface area contributed by atoms with E-state index in [9.17, 15) is 4.39 Å². The number of hydrogen-bond donors (Lipinski definition) is 2. The molecule has 1 aromatic rings. The van der Waals surface area contributed by atoms with E-state index in [0.717, 1.165) is 5.56 Å². The Kier molecular flexibility index (Phi) is 4.81. The summed E-state index contributed by atoms with van der Waals surface area (Å²) < 4.78 is 12.8. The maximum Gasteiger partial charge on any atom is 0.126 e. The van der Waals surface area contributed by atoms with E-state index in [2.05, 4.69) is 5.43 Å². The minimum atomic E-state index is -0.183. The molecule has 0 amide bonds. The molecule has 12 heavy (non-hydrogen) atoms.